The average molecular weight is 399 g/mol. The van der Waals surface area contributed by atoms with Crippen molar-refractivity contribution in [2.75, 3.05) is 20.7 Å². The summed E-state index contributed by atoms with van der Waals surface area (Å²) >= 11 is 6.07. The van der Waals surface area contributed by atoms with Gasteiger partial charge in [-0.15, -0.1) is 0 Å². The van der Waals surface area contributed by atoms with Crippen LogP contribution in [0, 0.1) is 11.7 Å². The molecule has 1 heterocycles. The first kappa shape index (κ1) is 19.9. The van der Waals surface area contributed by atoms with E-state index in [4.69, 9.17) is 21.2 Å². The first-order valence-corrected chi connectivity index (χ1v) is 9.15. The number of carbonyl (C=O) groups is 2. The second-order valence-corrected chi connectivity index (χ2v) is 8.60. The zero-order valence-corrected chi connectivity index (χ0v) is 16.8. The lowest BCUT2D eigenvalue weighted by Gasteiger charge is -2.31. The van der Waals surface area contributed by atoms with Crippen molar-refractivity contribution in [1.29, 1.82) is 0 Å². The molecule has 0 radical (unpaired) electrons. The highest BCUT2D eigenvalue weighted by Gasteiger charge is 2.70. The first-order chi connectivity index (χ1) is 12.5. The van der Waals surface area contributed by atoms with Crippen LogP contribution in [0.5, 0.6) is 0 Å². The molecule has 0 bridgehead atoms. The maximum Gasteiger partial charge on any atom is 0.411 e. The van der Waals surface area contributed by atoms with Gasteiger partial charge in [0.2, 0.25) is 0 Å². The predicted molar refractivity (Wildman–Crippen MR) is 97.7 cm³/mol. The standard InChI is InChI=1S/C19H24ClFN2O4/c1-18(2,3)27-17(25)23-10-19(12-8-11(20)6-7-14(12)21)9-13(19)15(23)16(24)22(4)26-5/h6-8,13,15H,9-10H2,1-5H3/t13-,15?,19+/m0/s1. The third-order valence-electron chi connectivity index (χ3n) is 5.23. The number of hydrogen-bond donors (Lipinski definition) is 0. The quantitative estimate of drug-likeness (QED) is 0.732. The van der Waals surface area contributed by atoms with E-state index in [1.807, 2.05) is 0 Å². The number of rotatable bonds is 3. The number of ether oxygens (including phenoxy) is 1. The minimum atomic E-state index is -0.775. The Morgan fingerprint density at radius 2 is 2.04 bits per heavy atom. The summed E-state index contributed by atoms with van der Waals surface area (Å²) in [5, 5.41) is 1.50. The molecule has 2 amide bonds. The number of amides is 2. The monoisotopic (exact) mass is 398 g/mol. The van der Waals surface area contributed by atoms with Crippen LogP contribution < -0.4 is 0 Å². The molecule has 0 aromatic heterocycles. The number of hydrogen-bond acceptors (Lipinski definition) is 4. The number of fused-ring (bicyclic) bond motifs is 1. The molecule has 8 heteroatoms. The van der Waals surface area contributed by atoms with Crippen LogP contribution in [0.4, 0.5) is 9.18 Å². The van der Waals surface area contributed by atoms with E-state index in [0.29, 0.717) is 17.0 Å². The van der Waals surface area contributed by atoms with Crippen LogP contribution in [0.1, 0.15) is 32.8 Å². The summed E-state index contributed by atoms with van der Waals surface area (Å²) in [4.78, 5) is 32.0. The van der Waals surface area contributed by atoms with Crippen molar-refractivity contribution in [2.24, 2.45) is 5.92 Å². The van der Waals surface area contributed by atoms with Gasteiger partial charge in [-0.3, -0.25) is 14.5 Å². The largest absolute Gasteiger partial charge is 0.444 e. The molecule has 2 fully saturated rings. The van der Waals surface area contributed by atoms with E-state index in [-0.39, 0.29) is 24.2 Å². The highest BCUT2D eigenvalue weighted by Crippen LogP contribution is 2.63. The Bertz CT molecular complexity index is 781. The van der Waals surface area contributed by atoms with Gasteiger partial charge in [-0.1, -0.05) is 11.6 Å². The van der Waals surface area contributed by atoms with Crippen LogP contribution in [0.3, 0.4) is 0 Å². The third-order valence-corrected chi connectivity index (χ3v) is 5.47. The summed E-state index contributed by atoms with van der Waals surface area (Å²) in [6, 6.07) is 3.60. The van der Waals surface area contributed by atoms with Crippen molar-refractivity contribution in [3.05, 3.63) is 34.6 Å². The highest BCUT2D eigenvalue weighted by atomic mass is 35.5. The Balaban J connectivity index is 1.97. The molecule has 0 N–H and O–H groups in total. The molecule has 1 aromatic rings. The molecule has 1 unspecified atom stereocenters. The smallest absolute Gasteiger partial charge is 0.411 e. The number of nitrogens with zero attached hydrogens (tertiary/aromatic N) is 2. The zero-order valence-electron chi connectivity index (χ0n) is 16.1. The Kier molecular flexibility index (Phi) is 4.89. The van der Waals surface area contributed by atoms with E-state index in [1.54, 1.807) is 26.8 Å². The molecule has 1 aromatic carbocycles. The topological polar surface area (TPSA) is 59.1 Å². The van der Waals surface area contributed by atoms with Crippen LogP contribution in [-0.2, 0) is 19.8 Å². The number of likely N-dealkylation sites (N-methyl/N-ethyl adjacent to an activating group) is 1. The van der Waals surface area contributed by atoms with Gasteiger partial charge in [0.1, 0.15) is 17.5 Å². The number of carbonyl (C=O) groups excluding carboxylic acids is 2. The molecular weight excluding hydrogens is 375 g/mol. The van der Waals surface area contributed by atoms with Crippen molar-refractivity contribution in [3.8, 4) is 0 Å². The summed E-state index contributed by atoms with van der Waals surface area (Å²) in [5.41, 5.74) is -0.913. The SMILES string of the molecule is CON(C)C(=O)C1[C@@H]2C[C@]2(c2cc(Cl)ccc2F)CN1C(=O)OC(C)(C)C. The van der Waals surface area contributed by atoms with E-state index in [1.165, 1.54) is 31.2 Å². The van der Waals surface area contributed by atoms with Crippen LogP contribution >= 0.6 is 11.6 Å². The minimum Gasteiger partial charge on any atom is -0.444 e. The number of benzene rings is 1. The Morgan fingerprint density at radius 1 is 1.37 bits per heavy atom. The van der Waals surface area contributed by atoms with E-state index >= 15 is 0 Å². The fourth-order valence-electron chi connectivity index (χ4n) is 3.90. The average Bonchev–Trinajstić information content (AvgIpc) is 3.20. The van der Waals surface area contributed by atoms with Crippen LogP contribution in [0.2, 0.25) is 5.02 Å². The van der Waals surface area contributed by atoms with Crippen molar-refractivity contribution in [2.45, 2.75) is 44.2 Å². The summed E-state index contributed by atoms with van der Waals surface area (Å²) in [6.45, 7) is 5.46. The molecule has 3 rings (SSSR count). The third kappa shape index (κ3) is 3.50. The normalized spacial score (nSPS) is 26.6. The molecule has 0 spiro atoms. The van der Waals surface area contributed by atoms with Crippen molar-refractivity contribution in [3.63, 3.8) is 0 Å². The van der Waals surface area contributed by atoms with E-state index < -0.39 is 23.2 Å². The maximum absolute atomic E-state index is 14.5. The molecule has 2 aliphatic rings. The lowest BCUT2D eigenvalue weighted by molar-refractivity contribution is -0.174. The number of piperidine rings is 1. The molecule has 1 aliphatic heterocycles. The molecule has 3 atom stereocenters. The molecule has 27 heavy (non-hydrogen) atoms. The van der Waals surface area contributed by atoms with Crippen LogP contribution in [-0.4, -0.2) is 54.3 Å². The second-order valence-electron chi connectivity index (χ2n) is 8.16. The molecule has 148 valence electrons. The van der Waals surface area contributed by atoms with Crippen molar-refractivity contribution in [1.82, 2.24) is 9.96 Å². The molecular formula is C19H24ClFN2O4. The summed E-state index contributed by atoms with van der Waals surface area (Å²) in [5.74, 6) is -0.975. The highest BCUT2D eigenvalue weighted by molar-refractivity contribution is 6.30. The van der Waals surface area contributed by atoms with E-state index in [9.17, 15) is 14.0 Å². The van der Waals surface area contributed by atoms with Gasteiger partial charge >= 0.3 is 6.09 Å². The van der Waals surface area contributed by atoms with Gasteiger partial charge in [0.15, 0.2) is 0 Å². The fraction of sp³-hybridized carbons (Fsp3) is 0.579. The van der Waals surface area contributed by atoms with Gasteiger partial charge in [0.05, 0.1) is 7.11 Å². The first-order valence-electron chi connectivity index (χ1n) is 8.77. The fourth-order valence-corrected chi connectivity index (χ4v) is 4.08. The lowest BCUT2D eigenvalue weighted by atomic mass is 9.93. The minimum absolute atomic E-state index is 0.192. The van der Waals surface area contributed by atoms with Crippen molar-refractivity contribution >= 4 is 23.6 Å². The zero-order chi connectivity index (χ0) is 20.1. The van der Waals surface area contributed by atoms with Crippen molar-refractivity contribution < 1.29 is 23.6 Å². The maximum atomic E-state index is 14.5. The second kappa shape index (κ2) is 6.63. The number of halogens is 2. The van der Waals surface area contributed by atoms with Crippen LogP contribution in [0.15, 0.2) is 18.2 Å². The molecule has 6 nitrogen and oxygen atoms in total. The van der Waals surface area contributed by atoms with Gasteiger partial charge < -0.3 is 4.74 Å². The Morgan fingerprint density at radius 3 is 2.63 bits per heavy atom. The summed E-state index contributed by atoms with van der Waals surface area (Å²) < 4.78 is 20.0. The Hall–Kier alpha value is -1.86. The summed E-state index contributed by atoms with van der Waals surface area (Å²) in [6.07, 6.45) is -0.00305. The summed E-state index contributed by atoms with van der Waals surface area (Å²) in [7, 11) is 2.86. The molecule has 1 aliphatic carbocycles. The molecule has 1 saturated carbocycles. The van der Waals surface area contributed by atoms with Crippen LogP contribution in [0.25, 0.3) is 0 Å². The van der Waals surface area contributed by atoms with E-state index in [2.05, 4.69) is 0 Å². The predicted octanol–water partition coefficient (Wildman–Crippen LogP) is 3.38. The lowest BCUT2D eigenvalue weighted by Crippen LogP contribution is -2.50. The van der Waals surface area contributed by atoms with Gasteiger partial charge in [0, 0.05) is 29.9 Å². The number of hydroxylamine groups is 2. The van der Waals surface area contributed by atoms with Gasteiger partial charge in [-0.2, -0.15) is 0 Å². The van der Waals surface area contributed by atoms with Gasteiger partial charge in [-0.25, -0.2) is 14.2 Å². The Labute approximate surface area is 163 Å². The molecule has 1 saturated heterocycles. The van der Waals surface area contributed by atoms with E-state index in [0.717, 1.165) is 5.06 Å². The van der Waals surface area contributed by atoms with Gasteiger partial charge in [-0.05, 0) is 51.0 Å². The number of likely N-dealkylation sites (tertiary alicyclic amines) is 1. The van der Waals surface area contributed by atoms with Gasteiger partial charge in [0.25, 0.3) is 5.91 Å².